The van der Waals surface area contributed by atoms with Gasteiger partial charge in [-0.1, -0.05) is 47.1 Å². The Balaban J connectivity index is 1.59. The molecule has 0 saturated heterocycles. The van der Waals surface area contributed by atoms with Crippen molar-refractivity contribution in [2.45, 2.75) is 13.5 Å². The van der Waals surface area contributed by atoms with Crippen LogP contribution in [0.1, 0.15) is 12.5 Å². The maximum atomic E-state index is 12.2. The Bertz CT molecular complexity index is 870. The van der Waals surface area contributed by atoms with E-state index in [2.05, 4.69) is 31.4 Å². The van der Waals surface area contributed by atoms with Gasteiger partial charge in [-0.15, -0.1) is 0 Å². The number of para-hydroxylation sites is 2. The Morgan fingerprint density at radius 2 is 2.04 bits per heavy atom. The number of benzene rings is 2. The number of fused-ring (bicyclic) bond motifs is 1. The van der Waals surface area contributed by atoms with E-state index in [1.54, 1.807) is 12.5 Å². The smallest absolute Gasteiger partial charge is 0.244 e. The summed E-state index contributed by atoms with van der Waals surface area (Å²) in [7, 11) is 0. The van der Waals surface area contributed by atoms with Crippen LogP contribution in [-0.4, -0.2) is 21.7 Å². The minimum atomic E-state index is -0.218. The van der Waals surface area contributed by atoms with Crippen LogP contribution in [0.4, 0.5) is 0 Å². The Morgan fingerprint density at radius 3 is 2.83 bits per heavy atom. The lowest BCUT2D eigenvalue weighted by atomic mass is 10.1. The number of nitrogens with zero attached hydrogens (tertiary/aromatic N) is 3. The molecule has 122 valence electrons. The number of imidazole rings is 1. The normalized spacial score (nSPS) is 12.6. The molecule has 0 spiro atoms. The lowest BCUT2D eigenvalue weighted by Gasteiger charge is -2.11. The number of halogens is 1. The largest absolute Gasteiger partial charge is 0.330 e. The van der Waals surface area contributed by atoms with Gasteiger partial charge in [-0.05, 0) is 29.8 Å². The summed E-state index contributed by atoms with van der Waals surface area (Å²) in [6, 6.07) is 15.6. The lowest BCUT2D eigenvalue weighted by molar-refractivity contribution is -0.124. The van der Waals surface area contributed by atoms with E-state index in [-0.39, 0.29) is 11.8 Å². The molecule has 1 aromatic heterocycles. The van der Waals surface area contributed by atoms with Crippen molar-refractivity contribution >= 4 is 39.1 Å². The number of hydrogen-bond donors (Lipinski definition) is 1. The molecule has 3 aromatic rings. The van der Waals surface area contributed by atoms with Crippen LogP contribution in [0.3, 0.4) is 0 Å². The topological polar surface area (TPSA) is 59.3 Å². The predicted octanol–water partition coefficient (Wildman–Crippen LogP) is 3.59. The minimum Gasteiger partial charge on any atom is -0.330 e. The van der Waals surface area contributed by atoms with Crippen molar-refractivity contribution < 1.29 is 4.79 Å². The fraction of sp³-hybridized carbons (Fsp3) is 0.167. The zero-order valence-corrected chi connectivity index (χ0v) is 14.8. The van der Waals surface area contributed by atoms with E-state index in [1.807, 2.05) is 60.0 Å². The lowest BCUT2D eigenvalue weighted by Crippen LogP contribution is -2.27. The second-order valence-electron chi connectivity index (χ2n) is 5.57. The van der Waals surface area contributed by atoms with E-state index in [1.165, 1.54) is 0 Å². The van der Waals surface area contributed by atoms with Crippen LogP contribution in [0.5, 0.6) is 0 Å². The first-order valence-corrected chi connectivity index (χ1v) is 8.41. The van der Waals surface area contributed by atoms with Gasteiger partial charge in [0, 0.05) is 11.0 Å². The quantitative estimate of drug-likeness (QED) is 0.539. The highest BCUT2D eigenvalue weighted by molar-refractivity contribution is 9.10. The molecule has 1 amide bonds. The summed E-state index contributed by atoms with van der Waals surface area (Å²) in [5.74, 6) is -0.342. The van der Waals surface area contributed by atoms with Crippen LogP contribution in [0.25, 0.3) is 11.0 Å². The number of rotatable bonds is 5. The minimum absolute atomic E-state index is 0.124. The van der Waals surface area contributed by atoms with Crippen molar-refractivity contribution in [2.75, 3.05) is 0 Å². The van der Waals surface area contributed by atoms with E-state index in [0.29, 0.717) is 6.54 Å². The molecule has 0 aliphatic heterocycles. The summed E-state index contributed by atoms with van der Waals surface area (Å²) in [6.07, 6.45) is 3.39. The molecule has 1 N–H and O–H groups in total. The molecule has 1 atom stereocenters. The molecule has 0 bridgehead atoms. The molecule has 0 saturated carbocycles. The van der Waals surface area contributed by atoms with Gasteiger partial charge in [0.2, 0.25) is 5.91 Å². The van der Waals surface area contributed by atoms with E-state index < -0.39 is 0 Å². The predicted molar refractivity (Wildman–Crippen MR) is 98.8 cm³/mol. The number of nitrogens with one attached hydrogen (secondary N) is 1. The summed E-state index contributed by atoms with van der Waals surface area (Å²) in [5, 5.41) is 4.02. The molecule has 2 aromatic carbocycles. The maximum absolute atomic E-state index is 12.2. The summed E-state index contributed by atoms with van der Waals surface area (Å²) < 4.78 is 2.99. The fourth-order valence-corrected chi connectivity index (χ4v) is 2.63. The van der Waals surface area contributed by atoms with Crippen LogP contribution in [-0.2, 0) is 11.3 Å². The summed E-state index contributed by atoms with van der Waals surface area (Å²) in [6.45, 7) is 2.43. The van der Waals surface area contributed by atoms with E-state index in [0.717, 1.165) is 21.1 Å². The second kappa shape index (κ2) is 7.40. The highest BCUT2D eigenvalue weighted by Crippen LogP contribution is 2.14. The molecule has 0 aliphatic carbocycles. The van der Waals surface area contributed by atoms with Gasteiger partial charge in [-0.2, -0.15) is 5.10 Å². The van der Waals surface area contributed by atoms with Crippen LogP contribution in [0.15, 0.2) is 64.4 Å². The van der Waals surface area contributed by atoms with Gasteiger partial charge in [0.15, 0.2) is 0 Å². The van der Waals surface area contributed by atoms with Crippen LogP contribution >= 0.6 is 15.9 Å². The summed E-state index contributed by atoms with van der Waals surface area (Å²) in [4.78, 5) is 16.5. The third kappa shape index (κ3) is 3.89. The van der Waals surface area contributed by atoms with E-state index in [4.69, 9.17) is 0 Å². The van der Waals surface area contributed by atoms with Crippen molar-refractivity contribution in [3.63, 3.8) is 0 Å². The zero-order chi connectivity index (χ0) is 16.9. The summed E-state index contributed by atoms with van der Waals surface area (Å²) >= 11 is 3.38. The molecule has 0 unspecified atom stereocenters. The molecule has 0 radical (unpaired) electrons. The van der Waals surface area contributed by atoms with Gasteiger partial charge in [0.25, 0.3) is 0 Å². The number of hydrazone groups is 1. The fourth-order valence-electron chi connectivity index (χ4n) is 2.36. The van der Waals surface area contributed by atoms with Crippen molar-refractivity contribution in [3.8, 4) is 0 Å². The molecule has 3 rings (SSSR count). The van der Waals surface area contributed by atoms with Crippen molar-refractivity contribution in [3.05, 3.63) is 64.9 Å². The summed E-state index contributed by atoms with van der Waals surface area (Å²) in [5.41, 5.74) is 5.47. The number of amides is 1. The highest BCUT2D eigenvalue weighted by Gasteiger charge is 2.14. The van der Waals surface area contributed by atoms with Gasteiger partial charge in [-0.25, -0.2) is 10.4 Å². The Hall–Kier alpha value is -2.47. The second-order valence-corrected chi connectivity index (χ2v) is 6.49. The highest BCUT2D eigenvalue weighted by atomic mass is 79.9. The number of carbonyl (C=O) groups is 1. The van der Waals surface area contributed by atoms with Gasteiger partial charge in [-0.3, -0.25) is 4.79 Å². The third-order valence-corrected chi connectivity index (χ3v) is 4.23. The van der Waals surface area contributed by atoms with Gasteiger partial charge < -0.3 is 4.57 Å². The van der Waals surface area contributed by atoms with Gasteiger partial charge >= 0.3 is 0 Å². The first kappa shape index (κ1) is 16.4. The van der Waals surface area contributed by atoms with Gasteiger partial charge in [0.05, 0.1) is 29.5 Å². The molecule has 0 aliphatic rings. The number of hydrogen-bond acceptors (Lipinski definition) is 3. The van der Waals surface area contributed by atoms with E-state index >= 15 is 0 Å². The Morgan fingerprint density at radius 1 is 1.29 bits per heavy atom. The van der Waals surface area contributed by atoms with Crippen LogP contribution in [0.2, 0.25) is 0 Å². The van der Waals surface area contributed by atoms with E-state index in [9.17, 15) is 4.79 Å². The van der Waals surface area contributed by atoms with Crippen molar-refractivity contribution in [2.24, 2.45) is 11.0 Å². The average Bonchev–Trinajstić information content (AvgIpc) is 3.00. The van der Waals surface area contributed by atoms with Crippen LogP contribution in [0, 0.1) is 5.92 Å². The third-order valence-electron chi connectivity index (χ3n) is 3.70. The molecule has 24 heavy (non-hydrogen) atoms. The molecule has 5 nitrogen and oxygen atoms in total. The average molecular weight is 385 g/mol. The van der Waals surface area contributed by atoms with Crippen molar-refractivity contribution in [1.82, 2.24) is 15.0 Å². The Kier molecular flexibility index (Phi) is 5.05. The number of aromatic nitrogens is 2. The molecule has 6 heteroatoms. The monoisotopic (exact) mass is 384 g/mol. The van der Waals surface area contributed by atoms with Crippen molar-refractivity contribution in [1.29, 1.82) is 0 Å². The molecule has 1 heterocycles. The molecule has 0 fully saturated rings. The Labute approximate surface area is 148 Å². The molecular weight excluding hydrogens is 368 g/mol. The molecular formula is C18H17BrN4O. The first-order valence-electron chi connectivity index (χ1n) is 7.62. The maximum Gasteiger partial charge on any atom is 0.244 e. The SMILES string of the molecule is C[C@H](Cn1cnc2ccccc21)C(=O)NN=Cc1ccc(Br)cc1. The zero-order valence-electron chi connectivity index (χ0n) is 13.2. The number of carbonyl (C=O) groups excluding carboxylic acids is 1. The standard InChI is InChI=1S/C18H17BrN4O/c1-13(11-23-12-20-16-4-2-3-5-17(16)23)18(24)22-21-10-14-6-8-15(19)9-7-14/h2-10,12-13H,11H2,1H3,(H,22,24)/t13-/m1/s1. The van der Waals surface area contributed by atoms with Crippen LogP contribution < -0.4 is 5.43 Å². The van der Waals surface area contributed by atoms with Gasteiger partial charge in [0.1, 0.15) is 0 Å². The first-order chi connectivity index (χ1) is 11.6.